The van der Waals surface area contributed by atoms with Gasteiger partial charge in [-0.05, 0) is 31.7 Å². The smallest absolute Gasteiger partial charge is 0.220 e. The Bertz CT molecular complexity index is 212. The minimum Gasteiger partial charge on any atom is -0.352 e. The fourth-order valence-corrected chi connectivity index (χ4v) is 2.68. The number of nitrogens with one attached hydrogen (secondary N) is 2. The van der Waals surface area contributed by atoms with E-state index in [4.69, 9.17) is 0 Å². The van der Waals surface area contributed by atoms with Crippen LogP contribution in [0.3, 0.4) is 0 Å². The Morgan fingerprint density at radius 1 is 1.13 bits per heavy atom. The van der Waals surface area contributed by atoms with Crippen LogP contribution in [-0.4, -0.2) is 25.0 Å². The van der Waals surface area contributed by atoms with Gasteiger partial charge < -0.3 is 10.6 Å². The summed E-state index contributed by atoms with van der Waals surface area (Å²) in [4.78, 5) is 11.0. The second-order valence-corrected chi connectivity index (χ2v) is 4.97. The van der Waals surface area contributed by atoms with Gasteiger partial charge in [0, 0.05) is 19.0 Å². The Morgan fingerprint density at radius 3 is 2.60 bits per heavy atom. The lowest BCUT2D eigenvalue weighted by molar-refractivity contribution is -0.119. The molecule has 1 atom stereocenters. The fourth-order valence-electron chi connectivity index (χ4n) is 2.68. The SMILES string of the molecule is O=C1CC[C@@H](CNCC2CCCCC2)N1. The molecule has 1 aliphatic heterocycles. The molecule has 1 heterocycles. The second kappa shape index (κ2) is 5.50. The maximum Gasteiger partial charge on any atom is 0.220 e. The highest BCUT2D eigenvalue weighted by Gasteiger charge is 2.20. The summed E-state index contributed by atoms with van der Waals surface area (Å²) < 4.78 is 0. The van der Waals surface area contributed by atoms with Crippen molar-refractivity contribution in [3.8, 4) is 0 Å². The lowest BCUT2D eigenvalue weighted by atomic mass is 9.89. The Labute approximate surface area is 92.0 Å². The fraction of sp³-hybridized carbons (Fsp3) is 0.917. The summed E-state index contributed by atoms with van der Waals surface area (Å²) in [7, 11) is 0. The topological polar surface area (TPSA) is 41.1 Å². The maximum absolute atomic E-state index is 11.0. The van der Waals surface area contributed by atoms with Gasteiger partial charge in [0.2, 0.25) is 5.91 Å². The van der Waals surface area contributed by atoms with Crippen molar-refractivity contribution in [2.75, 3.05) is 13.1 Å². The van der Waals surface area contributed by atoms with Crippen molar-refractivity contribution in [2.45, 2.75) is 51.0 Å². The van der Waals surface area contributed by atoms with Crippen LogP contribution >= 0.6 is 0 Å². The van der Waals surface area contributed by atoms with Crippen molar-refractivity contribution in [1.29, 1.82) is 0 Å². The summed E-state index contributed by atoms with van der Waals surface area (Å²) >= 11 is 0. The van der Waals surface area contributed by atoms with Crippen LogP contribution in [0, 0.1) is 5.92 Å². The van der Waals surface area contributed by atoms with Crippen molar-refractivity contribution in [3.05, 3.63) is 0 Å². The molecule has 1 saturated carbocycles. The number of amides is 1. The highest BCUT2D eigenvalue weighted by Crippen LogP contribution is 2.22. The van der Waals surface area contributed by atoms with Crippen LogP contribution in [-0.2, 0) is 4.79 Å². The van der Waals surface area contributed by atoms with Gasteiger partial charge in [-0.3, -0.25) is 4.79 Å². The van der Waals surface area contributed by atoms with Crippen molar-refractivity contribution >= 4 is 5.91 Å². The van der Waals surface area contributed by atoms with E-state index in [2.05, 4.69) is 10.6 Å². The molecule has 0 unspecified atom stereocenters. The molecule has 3 nitrogen and oxygen atoms in total. The van der Waals surface area contributed by atoms with E-state index >= 15 is 0 Å². The van der Waals surface area contributed by atoms with Crippen LogP contribution in [0.4, 0.5) is 0 Å². The number of rotatable bonds is 4. The lowest BCUT2D eigenvalue weighted by Gasteiger charge is -2.22. The van der Waals surface area contributed by atoms with Crippen molar-refractivity contribution in [1.82, 2.24) is 10.6 Å². The third kappa shape index (κ3) is 3.49. The minimum atomic E-state index is 0.222. The van der Waals surface area contributed by atoms with Gasteiger partial charge in [0.1, 0.15) is 0 Å². The van der Waals surface area contributed by atoms with Gasteiger partial charge in [-0.25, -0.2) is 0 Å². The van der Waals surface area contributed by atoms with E-state index in [9.17, 15) is 4.79 Å². The Kier molecular flexibility index (Phi) is 4.01. The van der Waals surface area contributed by atoms with Gasteiger partial charge in [-0.1, -0.05) is 19.3 Å². The molecule has 0 bridgehead atoms. The van der Waals surface area contributed by atoms with Crippen LogP contribution in [0.25, 0.3) is 0 Å². The highest BCUT2D eigenvalue weighted by atomic mass is 16.1. The lowest BCUT2D eigenvalue weighted by Crippen LogP contribution is -2.37. The molecule has 1 amide bonds. The first-order valence-corrected chi connectivity index (χ1v) is 6.34. The zero-order valence-corrected chi connectivity index (χ0v) is 9.43. The first kappa shape index (κ1) is 10.9. The Morgan fingerprint density at radius 2 is 1.93 bits per heavy atom. The van der Waals surface area contributed by atoms with Gasteiger partial charge in [-0.15, -0.1) is 0 Å². The predicted octanol–water partition coefficient (Wildman–Crippen LogP) is 1.43. The number of hydrogen-bond acceptors (Lipinski definition) is 2. The molecule has 0 spiro atoms. The van der Waals surface area contributed by atoms with E-state index in [0.717, 1.165) is 31.8 Å². The summed E-state index contributed by atoms with van der Waals surface area (Å²) in [6.45, 7) is 2.11. The summed E-state index contributed by atoms with van der Waals surface area (Å²) in [6.07, 6.45) is 8.76. The monoisotopic (exact) mass is 210 g/mol. The van der Waals surface area contributed by atoms with Gasteiger partial charge in [0.05, 0.1) is 0 Å². The van der Waals surface area contributed by atoms with Gasteiger partial charge in [-0.2, -0.15) is 0 Å². The third-order valence-electron chi connectivity index (χ3n) is 3.63. The molecule has 1 aliphatic carbocycles. The molecular formula is C12H22N2O. The van der Waals surface area contributed by atoms with Crippen LogP contribution in [0.1, 0.15) is 44.9 Å². The molecule has 0 radical (unpaired) electrons. The summed E-state index contributed by atoms with van der Waals surface area (Å²) in [6, 6.07) is 0.390. The molecule has 2 fully saturated rings. The van der Waals surface area contributed by atoms with E-state index in [1.807, 2.05) is 0 Å². The van der Waals surface area contributed by atoms with Gasteiger partial charge in [0.15, 0.2) is 0 Å². The average molecular weight is 210 g/mol. The standard InChI is InChI=1S/C12H22N2O/c15-12-7-6-11(14-12)9-13-8-10-4-2-1-3-5-10/h10-11,13H,1-9H2,(H,14,15)/t11-/m0/s1. The highest BCUT2D eigenvalue weighted by molar-refractivity contribution is 5.78. The molecule has 0 aromatic heterocycles. The quantitative estimate of drug-likeness (QED) is 0.737. The summed E-state index contributed by atoms with van der Waals surface area (Å²) in [5, 5.41) is 6.49. The molecule has 15 heavy (non-hydrogen) atoms. The van der Waals surface area contributed by atoms with Gasteiger partial charge >= 0.3 is 0 Å². The van der Waals surface area contributed by atoms with Crippen LogP contribution in [0.2, 0.25) is 0 Å². The van der Waals surface area contributed by atoms with E-state index in [0.29, 0.717) is 6.04 Å². The zero-order chi connectivity index (χ0) is 10.5. The largest absolute Gasteiger partial charge is 0.352 e. The van der Waals surface area contributed by atoms with Crippen LogP contribution in [0.5, 0.6) is 0 Å². The minimum absolute atomic E-state index is 0.222. The molecule has 0 aromatic rings. The van der Waals surface area contributed by atoms with E-state index in [1.165, 1.54) is 32.1 Å². The van der Waals surface area contributed by atoms with E-state index in [1.54, 1.807) is 0 Å². The Balaban J connectivity index is 1.56. The molecule has 1 saturated heterocycles. The molecule has 2 N–H and O–H groups in total. The molecular weight excluding hydrogens is 188 g/mol. The zero-order valence-electron chi connectivity index (χ0n) is 9.43. The van der Waals surface area contributed by atoms with Gasteiger partial charge in [0.25, 0.3) is 0 Å². The first-order valence-electron chi connectivity index (χ1n) is 6.34. The Hall–Kier alpha value is -0.570. The third-order valence-corrected chi connectivity index (χ3v) is 3.63. The van der Waals surface area contributed by atoms with Crippen molar-refractivity contribution in [2.24, 2.45) is 5.92 Å². The number of carbonyl (C=O) groups excluding carboxylic acids is 1. The summed E-state index contributed by atoms with van der Waals surface area (Å²) in [5.41, 5.74) is 0. The van der Waals surface area contributed by atoms with E-state index < -0.39 is 0 Å². The second-order valence-electron chi connectivity index (χ2n) is 4.97. The molecule has 2 rings (SSSR count). The molecule has 2 aliphatic rings. The molecule has 3 heteroatoms. The van der Waals surface area contributed by atoms with Crippen LogP contribution < -0.4 is 10.6 Å². The van der Waals surface area contributed by atoms with Crippen LogP contribution in [0.15, 0.2) is 0 Å². The van der Waals surface area contributed by atoms with Crippen molar-refractivity contribution in [3.63, 3.8) is 0 Å². The number of hydrogen-bond donors (Lipinski definition) is 2. The van der Waals surface area contributed by atoms with Crippen molar-refractivity contribution < 1.29 is 4.79 Å². The van der Waals surface area contributed by atoms with E-state index in [-0.39, 0.29) is 5.91 Å². The summed E-state index contributed by atoms with van der Waals surface area (Å²) in [5.74, 6) is 1.11. The average Bonchev–Trinajstić information content (AvgIpc) is 2.66. The first-order chi connectivity index (χ1) is 7.34. The number of carbonyl (C=O) groups is 1. The predicted molar refractivity (Wildman–Crippen MR) is 60.6 cm³/mol. The maximum atomic E-state index is 11.0. The normalized spacial score (nSPS) is 28.0. The molecule has 0 aromatic carbocycles. The molecule has 86 valence electrons.